The molecule has 1 aromatic carbocycles. The van der Waals surface area contributed by atoms with Crippen molar-refractivity contribution in [2.45, 2.75) is 25.7 Å². The van der Waals surface area contributed by atoms with Crippen LogP contribution in [-0.4, -0.2) is 31.6 Å². The number of ether oxygens (including phenoxy) is 3. The third-order valence-electron chi connectivity index (χ3n) is 5.25. The quantitative estimate of drug-likeness (QED) is 0.640. The Kier molecular flexibility index (Phi) is 3.94. The minimum Gasteiger partial charge on any atom is -0.468 e. The summed E-state index contributed by atoms with van der Waals surface area (Å²) in [5, 5.41) is 2.82. The minimum absolute atomic E-state index is 0.136. The second-order valence-electron chi connectivity index (χ2n) is 6.86. The summed E-state index contributed by atoms with van der Waals surface area (Å²) in [5.41, 5.74) is 1.90. The predicted octanol–water partition coefficient (Wildman–Crippen LogP) is 1.67. The van der Waals surface area contributed by atoms with Gasteiger partial charge >= 0.3 is 5.97 Å². The van der Waals surface area contributed by atoms with Gasteiger partial charge in [0.1, 0.15) is 5.92 Å². The fourth-order valence-electron chi connectivity index (χ4n) is 4.01. The van der Waals surface area contributed by atoms with Gasteiger partial charge in [-0.3, -0.25) is 14.4 Å². The van der Waals surface area contributed by atoms with Crippen molar-refractivity contribution in [3.05, 3.63) is 35.0 Å². The molecule has 1 aliphatic carbocycles. The van der Waals surface area contributed by atoms with E-state index in [1.54, 1.807) is 12.1 Å². The van der Waals surface area contributed by atoms with Gasteiger partial charge in [0.05, 0.1) is 7.11 Å². The van der Waals surface area contributed by atoms with Crippen LogP contribution in [0.4, 0.5) is 0 Å². The molecule has 0 bridgehead atoms. The molecule has 136 valence electrons. The molecule has 0 unspecified atom stereocenters. The Morgan fingerprint density at radius 3 is 2.73 bits per heavy atom. The maximum Gasteiger partial charge on any atom is 0.316 e. The van der Waals surface area contributed by atoms with Gasteiger partial charge in [-0.1, -0.05) is 13.0 Å². The van der Waals surface area contributed by atoms with E-state index < -0.39 is 17.8 Å². The first-order valence-corrected chi connectivity index (χ1v) is 8.54. The highest BCUT2D eigenvalue weighted by Gasteiger charge is 2.45. The lowest BCUT2D eigenvalue weighted by atomic mass is 9.70. The summed E-state index contributed by atoms with van der Waals surface area (Å²) < 4.78 is 15.6. The van der Waals surface area contributed by atoms with Crippen LogP contribution in [0, 0.1) is 11.8 Å². The van der Waals surface area contributed by atoms with E-state index in [1.165, 1.54) is 7.11 Å². The molecule has 3 aliphatic rings. The highest BCUT2D eigenvalue weighted by Crippen LogP contribution is 2.44. The van der Waals surface area contributed by atoms with Crippen molar-refractivity contribution in [1.82, 2.24) is 5.32 Å². The summed E-state index contributed by atoms with van der Waals surface area (Å²) in [5.74, 6) is -1.20. The number of amides is 1. The molecular weight excluding hydrogens is 338 g/mol. The number of hydrogen-bond donors (Lipinski definition) is 1. The van der Waals surface area contributed by atoms with Crippen LogP contribution in [0.2, 0.25) is 0 Å². The second kappa shape index (κ2) is 6.16. The van der Waals surface area contributed by atoms with Gasteiger partial charge in [0, 0.05) is 23.6 Å². The molecule has 0 fully saturated rings. The first kappa shape index (κ1) is 16.6. The first-order valence-electron chi connectivity index (χ1n) is 8.54. The van der Waals surface area contributed by atoms with E-state index in [1.807, 2.05) is 13.0 Å². The van der Waals surface area contributed by atoms with Crippen LogP contribution in [0.15, 0.2) is 29.5 Å². The van der Waals surface area contributed by atoms with Crippen LogP contribution in [0.5, 0.6) is 11.5 Å². The third kappa shape index (κ3) is 2.55. The average Bonchev–Trinajstić information content (AvgIpc) is 3.08. The van der Waals surface area contributed by atoms with Crippen molar-refractivity contribution in [1.29, 1.82) is 0 Å². The molecule has 0 aromatic heterocycles. The molecule has 0 radical (unpaired) electrons. The lowest BCUT2D eigenvalue weighted by molar-refractivity contribution is -0.151. The van der Waals surface area contributed by atoms with E-state index in [-0.39, 0.29) is 30.8 Å². The van der Waals surface area contributed by atoms with Crippen molar-refractivity contribution in [2.75, 3.05) is 13.9 Å². The number of carbonyl (C=O) groups is 3. The molecule has 3 atom stereocenters. The number of rotatable bonds is 2. The molecule has 2 heterocycles. The molecule has 1 N–H and O–H groups in total. The van der Waals surface area contributed by atoms with Crippen LogP contribution in [-0.2, 0) is 19.1 Å². The van der Waals surface area contributed by atoms with Gasteiger partial charge in [0.15, 0.2) is 17.3 Å². The van der Waals surface area contributed by atoms with Crippen molar-refractivity contribution in [3.8, 4) is 11.5 Å². The molecule has 7 nitrogen and oxygen atoms in total. The summed E-state index contributed by atoms with van der Waals surface area (Å²) in [6, 6.07) is 5.41. The van der Waals surface area contributed by atoms with E-state index in [4.69, 9.17) is 14.2 Å². The summed E-state index contributed by atoms with van der Waals surface area (Å²) in [7, 11) is 1.28. The Balaban J connectivity index is 1.77. The largest absolute Gasteiger partial charge is 0.468 e. The molecule has 2 aliphatic heterocycles. The standard InChI is InChI=1S/C19H19NO6/c1-9-5-12-17(18(22)16(9)19(23)24-2)11(7-15(21)20-12)10-3-4-13-14(6-10)26-8-25-13/h3-4,6,9,11,16H,5,7-8H2,1-2H3,(H,20,21)/t9-,11+,16+/m1/s1. The van der Waals surface area contributed by atoms with Crippen LogP contribution in [0.1, 0.15) is 31.2 Å². The molecule has 7 heteroatoms. The average molecular weight is 357 g/mol. The summed E-state index contributed by atoms with van der Waals surface area (Å²) in [6.07, 6.45) is 0.597. The zero-order chi connectivity index (χ0) is 18.4. The van der Waals surface area contributed by atoms with E-state index in [0.717, 1.165) is 5.56 Å². The zero-order valence-electron chi connectivity index (χ0n) is 14.5. The van der Waals surface area contributed by atoms with Gasteiger partial charge in [0.2, 0.25) is 12.7 Å². The molecular formula is C19H19NO6. The summed E-state index contributed by atoms with van der Waals surface area (Å²) in [6.45, 7) is 1.97. The number of ketones is 1. The molecule has 26 heavy (non-hydrogen) atoms. The predicted molar refractivity (Wildman–Crippen MR) is 89.4 cm³/mol. The third-order valence-corrected chi connectivity index (χ3v) is 5.25. The maximum atomic E-state index is 13.1. The SMILES string of the molecule is COC(=O)[C@@H]1C(=O)C2=C(C[C@H]1C)NC(=O)C[C@H]2c1ccc2c(c1)OCO2. The number of nitrogens with one attached hydrogen (secondary N) is 1. The normalized spacial score (nSPS) is 27.1. The number of carbonyl (C=O) groups excluding carboxylic acids is 3. The van der Waals surface area contributed by atoms with Crippen molar-refractivity contribution in [3.63, 3.8) is 0 Å². The molecule has 0 saturated heterocycles. The van der Waals surface area contributed by atoms with Crippen molar-refractivity contribution >= 4 is 17.7 Å². The lowest BCUT2D eigenvalue weighted by Gasteiger charge is -2.36. The van der Waals surface area contributed by atoms with Gasteiger partial charge in [-0.2, -0.15) is 0 Å². The van der Waals surface area contributed by atoms with Gasteiger partial charge in [-0.05, 0) is 30.0 Å². The summed E-state index contributed by atoms with van der Waals surface area (Å²) >= 11 is 0. The number of fused-ring (bicyclic) bond motifs is 1. The van der Waals surface area contributed by atoms with E-state index >= 15 is 0 Å². The molecule has 0 spiro atoms. The number of benzene rings is 1. The highest BCUT2D eigenvalue weighted by atomic mass is 16.7. The van der Waals surface area contributed by atoms with Crippen LogP contribution >= 0.6 is 0 Å². The van der Waals surface area contributed by atoms with Crippen molar-refractivity contribution < 1.29 is 28.6 Å². The van der Waals surface area contributed by atoms with E-state index in [2.05, 4.69) is 5.32 Å². The molecule has 1 aromatic rings. The Morgan fingerprint density at radius 2 is 1.96 bits per heavy atom. The maximum absolute atomic E-state index is 13.1. The number of methoxy groups -OCH3 is 1. The second-order valence-corrected chi connectivity index (χ2v) is 6.86. The van der Waals surface area contributed by atoms with Gasteiger partial charge in [-0.15, -0.1) is 0 Å². The Morgan fingerprint density at radius 1 is 1.19 bits per heavy atom. The number of allylic oxidation sites excluding steroid dienone is 2. The van der Waals surface area contributed by atoms with Crippen LogP contribution < -0.4 is 14.8 Å². The topological polar surface area (TPSA) is 90.9 Å². The fraction of sp³-hybridized carbons (Fsp3) is 0.421. The molecule has 4 rings (SSSR count). The van der Waals surface area contributed by atoms with E-state index in [9.17, 15) is 14.4 Å². The van der Waals surface area contributed by atoms with Crippen LogP contribution in [0.3, 0.4) is 0 Å². The molecule has 0 saturated carbocycles. The van der Waals surface area contributed by atoms with Gasteiger partial charge < -0.3 is 19.5 Å². The van der Waals surface area contributed by atoms with Crippen molar-refractivity contribution in [2.24, 2.45) is 11.8 Å². The number of esters is 1. The molecule has 1 amide bonds. The minimum atomic E-state index is -0.842. The summed E-state index contributed by atoms with van der Waals surface area (Å²) in [4.78, 5) is 37.5. The fourth-order valence-corrected chi connectivity index (χ4v) is 4.01. The highest BCUT2D eigenvalue weighted by molar-refractivity contribution is 6.11. The monoisotopic (exact) mass is 357 g/mol. The number of hydrogen-bond acceptors (Lipinski definition) is 6. The lowest BCUT2D eigenvalue weighted by Crippen LogP contribution is -2.44. The Labute approximate surface area is 150 Å². The van der Waals surface area contributed by atoms with Gasteiger partial charge in [-0.25, -0.2) is 0 Å². The smallest absolute Gasteiger partial charge is 0.316 e. The van der Waals surface area contributed by atoms with Crippen LogP contribution in [0.25, 0.3) is 0 Å². The number of Topliss-reactive ketones (excluding diaryl/α,β-unsaturated/α-hetero) is 1. The van der Waals surface area contributed by atoms with Gasteiger partial charge in [0.25, 0.3) is 0 Å². The first-order chi connectivity index (χ1) is 12.5. The zero-order valence-corrected chi connectivity index (χ0v) is 14.5. The Bertz CT molecular complexity index is 842. The van der Waals surface area contributed by atoms with E-state index in [0.29, 0.717) is 29.2 Å². The Hall–Kier alpha value is -2.83.